The van der Waals surface area contributed by atoms with Gasteiger partial charge in [-0.1, -0.05) is 19.1 Å². The number of aromatic nitrogens is 2. The molecule has 0 radical (unpaired) electrons. The van der Waals surface area contributed by atoms with Crippen molar-refractivity contribution in [2.45, 2.75) is 19.9 Å². The molecule has 1 aromatic carbocycles. The Balaban J connectivity index is 1.43. The van der Waals surface area contributed by atoms with Crippen molar-refractivity contribution >= 4 is 5.91 Å². The lowest BCUT2D eigenvalue weighted by Crippen LogP contribution is -2.49. The van der Waals surface area contributed by atoms with Gasteiger partial charge >= 0.3 is 0 Å². The smallest absolute Gasteiger partial charge is 0.234 e. The van der Waals surface area contributed by atoms with E-state index in [-0.39, 0.29) is 5.91 Å². The number of carbonyl (C=O) groups excluding carboxylic acids is 1. The SMILES string of the molecule is CCCNC(=O)CN1CCN(Cc2ccc(-n3ccnc3)cc2)CC1. The second kappa shape index (κ2) is 8.78. The topological polar surface area (TPSA) is 53.4 Å². The summed E-state index contributed by atoms with van der Waals surface area (Å²) in [6, 6.07) is 8.62. The fraction of sp³-hybridized carbons (Fsp3) is 0.474. The van der Waals surface area contributed by atoms with E-state index in [9.17, 15) is 4.79 Å². The van der Waals surface area contributed by atoms with Crippen LogP contribution in [0.2, 0.25) is 0 Å². The van der Waals surface area contributed by atoms with Gasteiger partial charge in [0.25, 0.3) is 0 Å². The molecule has 1 saturated heterocycles. The first kappa shape index (κ1) is 17.6. The first-order chi connectivity index (χ1) is 12.2. The Kier molecular flexibility index (Phi) is 6.19. The van der Waals surface area contributed by atoms with E-state index >= 15 is 0 Å². The van der Waals surface area contributed by atoms with Crippen molar-refractivity contribution < 1.29 is 4.79 Å². The molecule has 0 unspecified atom stereocenters. The minimum Gasteiger partial charge on any atom is -0.355 e. The largest absolute Gasteiger partial charge is 0.355 e. The highest BCUT2D eigenvalue weighted by Crippen LogP contribution is 2.12. The molecule has 6 heteroatoms. The van der Waals surface area contributed by atoms with E-state index in [0.29, 0.717) is 6.54 Å². The molecule has 1 fully saturated rings. The van der Waals surface area contributed by atoms with E-state index in [1.807, 2.05) is 17.1 Å². The first-order valence-electron chi connectivity index (χ1n) is 9.03. The number of nitrogens with zero attached hydrogens (tertiary/aromatic N) is 4. The average Bonchev–Trinajstić information content (AvgIpc) is 3.17. The van der Waals surface area contributed by atoms with Gasteiger partial charge in [0, 0.05) is 57.3 Å². The number of amides is 1. The minimum absolute atomic E-state index is 0.144. The summed E-state index contributed by atoms with van der Waals surface area (Å²) in [4.78, 5) is 20.6. The standard InChI is InChI=1S/C19H27N5O/c1-2-7-21-19(25)15-23-12-10-22(11-13-23)14-17-3-5-18(6-4-17)24-9-8-20-16-24/h3-6,8-9,16H,2,7,10-15H2,1H3,(H,21,25). The summed E-state index contributed by atoms with van der Waals surface area (Å²) in [6.07, 6.45) is 6.53. The fourth-order valence-electron chi connectivity index (χ4n) is 3.07. The van der Waals surface area contributed by atoms with Crippen molar-refractivity contribution in [1.82, 2.24) is 24.7 Å². The van der Waals surface area contributed by atoms with Gasteiger partial charge in [0.2, 0.25) is 5.91 Å². The molecule has 1 N–H and O–H groups in total. The van der Waals surface area contributed by atoms with Crippen LogP contribution < -0.4 is 5.32 Å². The molecule has 1 aliphatic heterocycles. The highest BCUT2D eigenvalue weighted by atomic mass is 16.2. The molecule has 2 heterocycles. The van der Waals surface area contributed by atoms with Crippen LogP contribution in [-0.4, -0.2) is 64.5 Å². The van der Waals surface area contributed by atoms with E-state index in [0.717, 1.165) is 51.4 Å². The summed E-state index contributed by atoms with van der Waals surface area (Å²) >= 11 is 0. The van der Waals surface area contributed by atoms with Crippen LogP contribution in [0.4, 0.5) is 0 Å². The lowest BCUT2D eigenvalue weighted by atomic mass is 10.1. The summed E-state index contributed by atoms with van der Waals surface area (Å²) < 4.78 is 2.01. The van der Waals surface area contributed by atoms with Crippen molar-refractivity contribution in [3.63, 3.8) is 0 Å². The van der Waals surface area contributed by atoms with Gasteiger partial charge in [-0.3, -0.25) is 14.6 Å². The lowest BCUT2D eigenvalue weighted by Gasteiger charge is -2.34. The molecule has 6 nitrogen and oxygen atoms in total. The van der Waals surface area contributed by atoms with Gasteiger partial charge < -0.3 is 9.88 Å². The van der Waals surface area contributed by atoms with E-state index in [1.165, 1.54) is 5.56 Å². The maximum absolute atomic E-state index is 11.8. The Morgan fingerprint density at radius 3 is 2.48 bits per heavy atom. The third kappa shape index (κ3) is 5.14. The van der Waals surface area contributed by atoms with Crippen LogP contribution in [-0.2, 0) is 11.3 Å². The molecule has 25 heavy (non-hydrogen) atoms. The molecule has 1 aromatic heterocycles. The molecule has 134 valence electrons. The summed E-state index contributed by atoms with van der Waals surface area (Å²) in [6.45, 7) is 8.23. The van der Waals surface area contributed by atoms with Crippen molar-refractivity contribution in [2.75, 3.05) is 39.3 Å². The van der Waals surface area contributed by atoms with Crippen molar-refractivity contribution in [2.24, 2.45) is 0 Å². The molecule has 0 saturated carbocycles. The molecule has 0 bridgehead atoms. The van der Waals surface area contributed by atoms with E-state index in [4.69, 9.17) is 0 Å². The van der Waals surface area contributed by atoms with Crippen molar-refractivity contribution in [3.05, 3.63) is 48.5 Å². The van der Waals surface area contributed by atoms with Crippen LogP contribution in [0.3, 0.4) is 0 Å². The second-order valence-electron chi connectivity index (χ2n) is 6.54. The van der Waals surface area contributed by atoms with Gasteiger partial charge in [-0.2, -0.15) is 0 Å². The quantitative estimate of drug-likeness (QED) is 0.830. The average molecular weight is 341 g/mol. The Morgan fingerprint density at radius 2 is 1.84 bits per heavy atom. The number of benzene rings is 1. The summed E-state index contributed by atoms with van der Waals surface area (Å²) in [7, 11) is 0. The molecular formula is C19H27N5O. The summed E-state index contributed by atoms with van der Waals surface area (Å²) in [5, 5.41) is 2.95. The van der Waals surface area contributed by atoms with Gasteiger partial charge in [-0.15, -0.1) is 0 Å². The van der Waals surface area contributed by atoms with E-state index in [1.54, 1.807) is 6.20 Å². The Bertz CT molecular complexity index is 645. The summed E-state index contributed by atoms with van der Waals surface area (Å²) in [5.74, 6) is 0.144. The zero-order valence-electron chi connectivity index (χ0n) is 14.9. The number of rotatable bonds is 7. The van der Waals surface area contributed by atoms with E-state index in [2.05, 4.69) is 51.3 Å². The van der Waals surface area contributed by atoms with Crippen molar-refractivity contribution in [1.29, 1.82) is 0 Å². The van der Waals surface area contributed by atoms with Gasteiger partial charge in [0.15, 0.2) is 0 Å². The predicted octanol–water partition coefficient (Wildman–Crippen LogP) is 1.52. The lowest BCUT2D eigenvalue weighted by molar-refractivity contribution is -0.122. The molecule has 0 spiro atoms. The molecule has 3 rings (SSSR count). The molecule has 1 aliphatic rings. The zero-order valence-corrected chi connectivity index (χ0v) is 14.9. The molecule has 0 aliphatic carbocycles. The minimum atomic E-state index is 0.144. The number of hydrogen-bond donors (Lipinski definition) is 1. The molecule has 1 amide bonds. The number of piperazine rings is 1. The van der Waals surface area contributed by atoms with Crippen LogP contribution >= 0.6 is 0 Å². The monoisotopic (exact) mass is 341 g/mol. The van der Waals surface area contributed by atoms with Crippen molar-refractivity contribution in [3.8, 4) is 5.69 Å². The number of hydrogen-bond acceptors (Lipinski definition) is 4. The Morgan fingerprint density at radius 1 is 1.12 bits per heavy atom. The van der Waals surface area contributed by atoms with E-state index < -0.39 is 0 Å². The second-order valence-corrected chi connectivity index (χ2v) is 6.54. The van der Waals surface area contributed by atoms with Crippen LogP contribution in [0.1, 0.15) is 18.9 Å². The highest BCUT2D eigenvalue weighted by molar-refractivity contribution is 5.77. The predicted molar refractivity (Wildman–Crippen MR) is 98.6 cm³/mol. The molecule has 2 aromatic rings. The number of nitrogens with one attached hydrogen (secondary N) is 1. The maximum atomic E-state index is 11.8. The fourth-order valence-corrected chi connectivity index (χ4v) is 3.07. The zero-order chi connectivity index (χ0) is 17.5. The van der Waals surface area contributed by atoms with Gasteiger partial charge in [-0.05, 0) is 24.1 Å². The first-order valence-corrected chi connectivity index (χ1v) is 9.03. The summed E-state index contributed by atoms with van der Waals surface area (Å²) in [5.41, 5.74) is 2.45. The van der Waals surface area contributed by atoms with Crippen LogP contribution in [0, 0.1) is 0 Å². The van der Waals surface area contributed by atoms with Gasteiger partial charge in [0.05, 0.1) is 12.9 Å². The Labute approximate surface area is 149 Å². The molecular weight excluding hydrogens is 314 g/mol. The molecule has 0 atom stereocenters. The van der Waals surface area contributed by atoms with Crippen LogP contribution in [0.15, 0.2) is 43.0 Å². The van der Waals surface area contributed by atoms with Gasteiger partial charge in [0.1, 0.15) is 0 Å². The number of carbonyl (C=O) groups is 1. The normalized spacial score (nSPS) is 16.0. The van der Waals surface area contributed by atoms with Crippen LogP contribution in [0.5, 0.6) is 0 Å². The third-order valence-electron chi connectivity index (χ3n) is 4.55. The van der Waals surface area contributed by atoms with Gasteiger partial charge in [-0.25, -0.2) is 4.98 Å². The maximum Gasteiger partial charge on any atom is 0.234 e. The van der Waals surface area contributed by atoms with Crippen LogP contribution in [0.25, 0.3) is 5.69 Å². The third-order valence-corrected chi connectivity index (χ3v) is 4.55. The Hall–Kier alpha value is -2.18. The highest BCUT2D eigenvalue weighted by Gasteiger charge is 2.18. The number of imidazole rings is 1.